The van der Waals surface area contributed by atoms with Crippen LogP contribution >= 0.6 is 24.8 Å². The lowest BCUT2D eigenvalue weighted by Gasteiger charge is -2.46. The highest BCUT2D eigenvalue weighted by molar-refractivity contribution is 5.85. The zero-order valence-corrected chi connectivity index (χ0v) is 7.83. The minimum Gasteiger partial charge on any atom is -0.390 e. The monoisotopic (exact) mass is 200 g/mol. The van der Waals surface area contributed by atoms with Crippen molar-refractivity contribution >= 4 is 24.8 Å². The molecule has 0 aromatic carbocycles. The number of hydrogen-bond acceptors (Lipinski definition) is 3. The standard InChI is InChI=1S/C6H12N2O.2ClH/c9-6-3-8(4-6)5-1-7-2-5;;/h5-7,9H,1-4H2;2*1H. The van der Waals surface area contributed by atoms with E-state index in [-0.39, 0.29) is 30.9 Å². The van der Waals surface area contributed by atoms with Gasteiger partial charge in [-0.1, -0.05) is 0 Å². The van der Waals surface area contributed by atoms with Crippen LogP contribution < -0.4 is 5.32 Å². The molecule has 2 N–H and O–H groups in total. The van der Waals surface area contributed by atoms with Crippen LogP contribution in [0.4, 0.5) is 0 Å². The number of likely N-dealkylation sites (tertiary alicyclic amines) is 1. The summed E-state index contributed by atoms with van der Waals surface area (Å²) < 4.78 is 0. The first-order valence-electron chi connectivity index (χ1n) is 3.49. The molecule has 0 spiro atoms. The van der Waals surface area contributed by atoms with Gasteiger partial charge in [-0.25, -0.2) is 0 Å². The second-order valence-electron chi connectivity index (χ2n) is 2.92. The number of halogens is 2. The quantitative estimate of drug-likeness (QED) is 0.599. The molecule has 2 saturated heterocycles. The van der Waals surface area contributed by atoms with Crippen LogP contribution in [0.1, 0.15) is 0 Å². The first kappa shape index (κ1) is 11.5. The lowest BCUT2D eigenvalue weighted by molar-refractivity contribution is -0.0369. The van der Waals surface area contributed by atoms with Crippen molar-refractivity contribution in [2.45, 2.75) is 12.1 Å². The van der Waals surface area contributed by atoms with E-state index >= 15 is 0 Å². The van der Waals surface area contributed by atoms with E-state index in [1.807, 2.05) is 0 Å². The first-order valence-corrected chi connectivity index (χ1v) is 3.49. The third-order valence-electron chi connectivity index (χ3n) is 2.17. The second kappa shape index (κ2) is 4.48. The fraction of sp³-hybridized carbons (Fsp3) is 1.00. The van der Waals surface area contributed by atoms with Gasteiger partial charge < -0.3 is 10.4 Å². The number of aliphatic hydroxyl groups excluding tert-OH is 1. The molecule has 2 rings (SSSR count). The maximum atomic E-state index is 8.92. The van der Waals surface area contributed by atoms with Gasteiger partial charge in [-0.05, 0) is 0 Å². The molecule has 3 nitrogen and oxygen atoms in total. The molecule has 2 fully saturated rings. The Bertz CT molecular complexity index is 115. The topological polar surface area (TPSA) is 35.5 Å². The van der Waals surface area contributed by atoms with Crippen molar-refractivity contribution < 1.29 is 5.11 Å². The molecule has 2 heterocycles. The lowest BCUT2D eigenvalue weighted by atomic mass is 10.0. The van der Waals surface area contributed by atoms with Gasteiger partial charge >= 0.3 is 0 Å². The van der Waals surface area contributed by atoms with Crippen LogP contribution in [-0.4, -0.2) is 48.3 Å². The average Bonchev–Trinajstić information content (AvgIpc) is 1.57. The van der Waals surface area contributed by atoms with Gasteiger partial charge in [0.2, 0.25) is 0 Å². The van der Waals surface area contributed by atoms with E-state index in [0.717, 1.165) is 32.2 Å². The number of aliphatic hydroxyl groups is 1. The Kier molecular flexibility index (Phi) is 4.66. The molecule has 0 radical (unpaired) electrons. The van der Waals surface area contributed by atoms with Gasteiger partial charge in [0.05, 0.1) is 6.10 Å². The van der Waals surface area contributed by atoms with Gasteiger partial charge in [-0.3, -0.25) is 4.90 Å². The predicted octanol–water partition coefficient (Wildman–Crippen LogP) is -0.522. The zero-order valence-electron chi connectivity index (χ0n) is 6.19. The average molecular weight is 201 g/mol. The largest absolute Gasteiger partial charge is 0.390 e. The summed E-state index contributed by atoms with van der Waals surface area (Å²) in [6.45, 7) is 4.03. The molecule has 2 aliphatic rings. The van der Waals surface area contributed by atoms with Gasteiger partial charge in [-0.2, -0.15) is 0 Å². The van der Waals surface area contributed by atoms with Crippen molar-refractivity contribution in [1.29, 1.82) is 0 Å². The summed E-state index contributed by atoms with van der Waals surface area (Å²) >= 11 is 0. The highest BCUT2D eigenvalue weighted by Gasteiger charge is 2.33. The minimum atomic E-state index is -0.0365. The van der Waals surface area contributed by atoms with Crippen LogP contribution in [0, 0.1) is 0 Å². The Morgan fingerprint density at radius 1 is 1.18 bits per heavy atom. The molecule has 0 aromatic rings. The zero-order chi connectivity index (χ0) is 6.27. The molecular formula is C6H14Cl2N2O. The smallest absolute Gasteiger partial charge is 0.0794 e. The van der Waals surface area contributed by atoms with Crippen molar-refractivity contribution in [3.8, 4) is 0 Å². The van der Waals surface area contributed by atoms with Gasteiger partial charge in [-0.15, -0.1) is 24.8 Å². The van der Waals surface area contributed by atoms with Crippen LogP contribution in [0.3, 0.4) is 0 Å². The third-order valence-corrected chi connectivity index (χ3v) is 2.17. The fourth-order valence-corrected chi connectivity index (χ4v) is 1.32. The Hall–Kier alpha value is 0.460. The lowest BCUT2D eigenvalue weighted by Crippen LogP contribution is -2.65. The molecule has 0 atom stereocenters. The summed E-state index contributed by atoms with van der Waals surface area (Å²) in [6.07, 6.45) is -0.0365. The van der Waals surface area contributed by atoms with E-state index in [1.165, 1.54) is 0 Å². The summed E-state index contributed by atoms with van der Waals surface area (Å²) in [5.41, 5.74) is 0. The van der Waals surface area contributed by atoms with Crippen molar-refractivity contribution in [3.63, 3.8) is 0 Å². The molecule has 0 unspecified atom stereocenters. The van der Waals surface area contributed by atoms with Crippen LogP contribution in [0.5, 0.6) is 0 Å². The molecular weight excluding hydrogens is 187 g/mol. The Labute approximate surface area is 79.0 Å². The fourth-order valence-electron chi connectivity index (χ4n) is 1.32. The van der Waals surface area contributed by atoms with E-state index in [4.69, 9.17) is 5.11 Å². The molecule has 2 aliphatic heterocycles. The summed E-state index contributed by atoms with van der Waals surface area (Å²) in [4.78, 5) is 2.32. The molecule has 0 bridgehead atoms. The molecule has 11 heavy (non-hydrogen) atoms. The van der Waals surface area contributed by atoms with E-state index in [1.54, 1.807) is 0 Å². The number of hydrogen-bond donors (Lipinski definition) is 2. The predicted molar refractivity (Wildman–Crippen MR) is 48.7 cm³/mol. The Morgan fingerprint density at radius 2 is 1.73 bits per heavy atom. The van der Waals surface area contributed by atoms with Gasteiger partial charge in [0.15, 0.2) is 0 Å². The minimum absolute atomic E-state index is 0. The van der Waals surface area contributed by atoms with Gasteiger partial charge in [0.1, 0.15) is 0 Å². The third kappa shape index (κ3) is 2.20. The normalized spacial score (nSPS) is 25.9. The van der Waals surface area contributed by atoms with Crippen LogP contribution in [0.2, 0.25) is 0 Å². The summed E-state index contributed by atoms with van der Waals surface area (Å²) in [5, 5.41) is 12.1. The van der Waals surface area contributed by atoms with Crippen molar-refractivity contribution in [2.24, 2.45) is 0 Å². The number of β-amino-alcohol motifs (C(OH)–C–C–N with tert-alkyl or cyclic N) is 1. The number of nitrogens with zero attached hydrogens (tertiary/aromatic N) is 1. The van der Waals surface area contributed by atoms with E-state index < -0.39 is 0 Å². The molecule has 0 saturated carbocycles. The molecule has 0 aromatic heterocycles. The van der Waals surface area contributed by atoms with E-state index in [0.29, 0.717) is 0 Å². The van der Waals surface area contributed by atoms with Crippen LogP contribution in [0.15, 0.2) is 0 Å². The molecule has 0 aliphatic carbocycles. The molecule has 0 amide bonds. The summed E-state index contributed by atoms with van der Waals surface area (Å²) in [7, 11) is 0. The van der Waals surface area contributed by atoms with Crippen molar-refractivity contribution in [2.75, 3.05) is 26.2 Å². The highest BCUT2D eigenvalue weighted by Crippen LogP contribution is 2.14. The highest BCUT2D eigenvalue weighted by atomic mass is 35.5. The van der Waals surface area contributed by atoms with Gasteiger partial charge in [0, 0.05) is 32.2 Å². The molecule has 5 heteroatoms. The van der Waals surface area contributed by atoms with Gasteiger partial charge in [0.25, 0.3) is 0 Å². The van der Waals surface area contributed by atoms with E-state index in [2.05, 4.69) is 10.2 Å². The summed E-state index contributed by atoms with van der Waals surface area (Å²) in [6, 6.07) is 0.730. The number of rotatable bonds is 1. The number of nitrogens with one attached hydrogen (secondary N) is 1. The molecule has 68 valence electrons. The maximum Gasteiger partial charge on any atom is 0.0794 e. The Balaban J connectivity index is 0.000000500. The van der Waals surface area contributed by atoms with Crippen molar-refractivity contribution in [3.05, 3.63) is 0 Å². The van der Waals surface area contributed by atoms with Crippen molar-refractivity contribution in [1.82, 2.24) is 10.2 Å². The second-order valence-corrected chi connectivity index (χ2v) is 2.92. The first-order chi connectivity index (χ1) is 4.36. The van der Waals surface area contributed by atoms with Crippen LogP contribution in [0.25, 0.3) is 0 Å². The maximum absolute atomic E-state index is 8.92. The van der Waals surface area contributed by atoms with Crippen LogP contribution in [-0.2, 0) is 0 Å². The van der Waals surface area contributed by atoms with E-state index in [9.17, 15) is 0 Å². The SMILES string of the molecule is Cl.Cl.OC1CN(C2CNC2)C1. The Morgan fingerprint density at radius 3 is 2.00 bits per heavy atom. The summed E-state index contributed by atoms with van der Waals surface area (Å²) in [5.74, 6) is 0.